The van der Waals surface area contributed by atoms with Gasteiger partial charge >= 0.3 is 0 Å². The van der Waals surface area contributed by atoms with Gasteiger partial charge in [-0.25, -0.2) is 9.98 Å². The average molecular weight is 499 g/mol. The standard InChI is InChI=1S/C28H30N6O3/c1-19-25(35)26(36)28(37-19)34-16-23(21-5-3-2-4-6-21)24-15-33(18-30-27(24)34)31-22-9-7-20(8-10-22)11-13-32-14-12-29-17-32/h2-10,12,14,16-19,25-26,28,31,35-36H,11,13,15H2,1H3/t19-,25-,26-,28-/m1/s1. The summed E-state index contributed by atoms with van der Waals surface area (Å²) in [6, 6.07) is 18.5. The quantitative estimate of drug-likeness (QED) is 0.359. The molecule has 0 bridgehead atoms. The number of imidazole rings is 1. The summed E-state index contributed by atoms with van der Waals surface area (Å²) in [4.78, 5) is 8.83. The molecule has 1 fully saturated rings. The van der Waals surface area contributed by atoms with E-state index in [9.17, 15) is 10.2 Å². The van der Waals surface area contributed by atoms with Crippen molar-refractivity contribution in [3.8, 4) is 11.1 Å². The van der Waals surface area contributed by atoms with Crippen LogP contribution < -0.4 is 5.43 Å². The number of aliphatic hydroxyl groups is 2. The van der Waals surface area contributed by atoms with E-state index in [1.807, 2.05) is 46.5 Å². The Morgan fingerprint density at radius 2 is 1.86 bits per heavy atom. The molecule has 37 heavy (non-hydrogen) atoms. The summed E-state index contributed by atoms with van der Waals surface area (Å²) in [6.07, 6.45) is 7.10. The number of nitrogens with zero attached hydrogens (tertiary/aromatic N) is 5. The van der Waals surface area contributed by atoms with E-state index in [1.165, 1.54) is 5.56 Å². The van der Waals surface area contributed by atoms with Crippen molar-refractivity contribution in [3.63, 3.8) is 0 Å². The molecule has 0 aliphatic carbocycles. The zero-order chi connectivity index (χ0) is 25.4. The zero-order valence-electron chi connectivity index (χ0n) is 20.6. The van der Waals surface area contributed by atoms with Gasteiger partial charge in [-0.1, -0.05) is 42.5 Å². The molecule has 4 aromatic rings. The lowest BCUT2D eigenvalue weighted by molar-refractivity contribution is -0.0308. The van der Waals surface area contributed by atoms with Crippen LogP contribution in [0.3, 0.4) is 0 Å². The van der Waals surface area contributed by atoms with Gasteiger partial charge in [0.2, 0.25) is 0 Å². The second kappa shape index (κ2) is 9.85. The Kier molecular flexibility index (Phi) is 6.25. The molecule has 2 aliphatic heterocycles. The van der Waals surface area contributed by atoms with Gasteiger partial charge in [0, 0.05) is 36.3 Å². The molecule has 2 aromatic carbocycles. The minimum absolute atomic E-state index is 0.466. The van der Waals surface area contributed by atoms with Crippen molar-refractivity contribution in [2.45, 2.75) is 51.0 Å². The van der Waals surface area contributed by atoms with Crippen LogP contribution in [0.4, 0.5) is 11.5 Å². The highest BCUT2D eigenvalue weighted by Crippen LogP contribution is 2.41. The fraction of sp³-hybridized carbons (Fsp3) is 0.286. The number of ether oxygens (including phenoxy) is 1. The van der Waals surface area contributed by atoms with Crippen LogP contribution in [-0.4, -0.2) is 54.0 Å². The van der Waals surface area contributed by atoms with E-state index in [0.29, 0.717) is 6.54 Å². The normalized spacial score (nSPS) is 22.8. The molecule has 9 nitrogen and oxygen atoms in total. The SMILES string of the molecule is C[C@H]1O[C@@H](n2cc(-c3ccccc3)c3c2N=CN(Nc2ccc(CCn4ccnc4)cc2)C3)[C@H](O)[C@@H]1O. The molecule has 0 amide bonds. The molecule has 0 unspecified atom stereocenters. The Morgan fingerprint density at radius 1 is 1.05 bits per heavy atom. The number of fused-ring (bicyclic) bond motifs is 1. The highest BCUT2D eigenvalue weighted by molar-refractivity contribution is 5.77. The highest BCUT2D eigenvalue weighted by atomic mass is 16.6. The Hall–Kier alpha value is -3.92. The van der Waals surface area contributed by atoms with Crippen LogP contribution in [0, 0.1) is 0 Å². The number of aliphatic imine (C=N–C) groups is 1. The van der Waals surface area contributed by atoms with E-state index in [2.05, 4.69) is 51.4 Å². The highest BCUT2D eigenvalue weighted by Gasteiger charge is 2.42. The summed E-state index contributed by atoms with van der Waals surface area (Å²) in [5.41, 5.74) is 8.74. The summed E-state index contributed by atoms with van der Waals surface area (Å²) in [5.74, 6) is 0.720. The maximum absolute atomic E-state index is 10.6. The molecule has 9 heteroatoms. The first-order chi connectivity index (χ1) is 18.1. The van der Waals surface area contributed by atoms with Crippen molar-refractivity contribution in [2.24, 2.45) is 4.99 Å². The molecule has 0 spiro atoms. The van der Waals surface area contributed by atoms with Crippen LogP contribution in [0.5, 0.6) is 0 Å². The number of aliphatic hydroxyl groups excluding tert-OH is 2. The third-order valence-corrected chi connectivity index (χ3v) is 7.04. The van der Waals surface area contributed by atoms with Crippen molar-refractivity contribution >= 4 is 17.8 Å². The Morgan fingerprint density at radius 3 is 2.57 bits per heavy atom. The molecule has 0 saturated carbocycles. The number of anilines is 1. The van der Waals surface area contributed by atoms with Crippen LogP contribution in [0.2, 0.25) is 0 Å². The second-order valence-corrected chi connectivity index (χ2v) is 9.56. The van der Waals surface area contributed by atoms with Crippen LogP contribution in [0.25, 0.3) is 11.1 Å². The number of aromatic nitrogens is 3. The van der Waals surface area contributed by atoms with Gasteiger partial charge in [-0.3, -0.25) is 10.4 Å². The molecule has 6 rings (SSSR count). The Balaban J connectivity index is 1.22. The van der Waals surface area contributed by atoms with E-state index < -0.39 is 24.5 Å². The first-order valence-corrected chi connectivity index (χ1v) is 12.5. The maximum Gasteiger partial charge on any atom is 0.164 e. The predicted molar refractivity (Wildman–Crippen MR) is 141 cm³/mol. The van der Waals surface area contributed by atoms with Gasteiger partial charge in [0.15, 0.2) is 6.23 Å². The minimum atomic E-state index is -1.03. The number of nitrogens with one attached hydrogen (secondary N) is 1. The maximum atomic E-state index is 10.6. The summed E-state index contributed by atoms with van der Waals surface area (Å²) >= 11 is 0. The van der Waals surface area contributed by atoms with Gasteiger partial charge in [0.1, 0.15) is 24.4 Å². The largest absolute Gasteiger partial charge is 0.388 e. The molecule has 3 N–H and O–H groups in total. The number of rotatable bonds is 7. The van der Waals surface area contributed by atoms with Gasteiger partial charge in [-0.2, -0.15) is 0 Å². The zero-order valence-corrected chi connectivity index (χ0v) is 20.6. The second-order valence-electron chi connectivity index (χ2n) is 9.56. The topological polar surface area (TPSA) is 100 Å². The van der Waals surface area contributed by atoms with E-state index in [4.69, 9.17) is 9.73 Å². The molecule has 1 saturated heterocycles. The first-order valence-electron chi connectivity index (χ1n) is 12.5. The third kappa shape index (κ3) is 4.64. The third-order valence-electron chi connectivity index (χ3n) is 7.04. The van der Waals surface area contributed by atoms with E-state index in [-0.39, 0.29) is 0 Å². The van der Waals surface area contributed by atoms with Crippen molar-refractivity contribution in [3.05, 3.63) is 90.6 Å². The van der Waals surface area contributed by atoms with Gasteiger partial charge in [0.05, 0.1) is 24.7 Å². The molecule has 190 valence electrons. The summed E-state index contributed by atoms with van der Waals surface area (Å²) in [5, 5.41) is 22.9. The first kappa shape index (κ1) is 23.5. The van der Waals surface area contributed by atoms with Crippen molar-refractivity contribution in [2.75, 3.05) is 5.43 Å². The minimum Gasteiger partial charge on any atom is -0.388 e. The number of aryl methyl sites for hydroxylation is 2. The van der Waals surface area contributed by atoms with Crippen molar-refractivity contribution in [1.82, 2.24) is 19.1 Å². The van der Waals surface area contributed by atoms with Gasteiger partial charge < -0.3 is 24.1 Å². The number of hydrogen-bond donors (Lipinski definition) is 3. The fourth-order valence-electron chi connectivity index (χ4n) is 4.97. The number of hydrazine groups is 1. The van der Waals surface area contributed by atoms with Gasteiger partial charge in [-0.05, 0) is 36.6 Å². The molecule has 4 atom stereocenters. The van der Waals surface area contributed by atoms with Crippen LogP contribution in [0.1, 0.15) is 24.3 Å². The lowest BCUT2D eigenvalue weighted by Gasteiger charge is -2.26. The Bertz CT molecular complexity index is 1370. The molecule has 2 aliphatic rings. The molecular formula is C28H30N6O3. The molecule has 4 heterocycles. The van der Waals surface area contributed by atoms with E-state index in [0.717, 1.165) is 41.2 Å². The Labute approximate surface area is 215 Å². The average Bonchev–Trinajstić information content (AvgIpc) is 3.64. The lowest BCUT2D eigenvalue weighted by atomic mass is 10.0. The van der Waals surface area contributed by atoms with Crippen molar-refractivity contribution < 1.29 is 14.9 Å². The van der Waals surface area contributed by atoms with E-state index in [1.54, 1.807) is 19.5 Å². The molecule has 2 aromatic heterocycles. The predicted octanol–water partition coefficient (Wildman–Crippen LogP) is 3.74. The summed E-state index contributed by atoms with van der Waals surface area (Å²) in [6.45, 7) is 3.22. The monoisotopic (exact) mass is 498 g/mol. The fourth-order valence-corrected chi connectivity index (χ4v) is 4.97. The van der Waals surface area contributed by atoms with E-state index >= 15 is 0 Å². The smallest absolute Gasteiger partial charge is 0.164 e. The summed E-state index contributed by atoms with van der Waals surface area (Å²) in [7, 11) is 0. The lowest BCUT2D eigenvalue weighted by Crippen LogP contribution is -2.31. The van der Waals surface area contributed by atoms with Gasteiger partial charge in [0.25, 0.3) is 0 Å². The van der Waals surface area contributed by atoms with Crippen LogP contribution in [0.15, 0.2) is 84.5 Å². The number of benzene rings is 2. The summed E-state index contributed by atoms with van der Waals surface area (Å²) < 4.78 is 9.84. The molecular weight excluding hydrogens is 468 g/mol. The number of hydrogen-bond acceptors (Lipinski definition) is 7. The van der Waals surface area contributed by atoms with Crippen LogP contribution >= 0.6 is 0 Å². The van der Waals surface area contributed by atoms with Gasteiger partial charge in [-0.15, -0.1) is 0 Å². The molecule has 0 radical (unpaired) electrons. The van der Waals surface area contributed by atoms with Crippen LogP contribution in [-0.2, 0) is 24.2 Å². The van der Waals surface area contributed by atoms with Crippen molar-refractivity contribution in [1.29, 1.82) is 0 Å².